The van der Waals surface area contributed by atoms with E-state index in [1.165, 1.54) is 11.3 Å². The van der Waals surface area contributed by atoms with Crippen molar-refractivity contribution in [1.29, 1.82) is 0 Å². The monoisotopic (exact) mass is 408 g/mol. The molecule has 0 spiro atoms. The van der Waals surface area contributed by atoms with Crippen LogP contribution in [0, 0.1) is 12.3 Å². The zero-order chi connectivity index (χ0) is 20.2. The second-order valence-electron chi connectivity index (χ2n) is 6.40. The molecule has 1 aliphatic heterocycles. The number of nitrogens with zero attached hydrogens (tertiary/aromatic N) is 2. The average molecular weight is 408 g/mol. The van der Waals surface area contributed by atoms with E-state index in [9.17, 15) is 4.79 Å². The first kappa shape index (κ1) is 19.1. The van der Waals surface area contributed by atoms with Crippen LogP contribution in [-0.4, -0.2) is 30.3 Å². The molecule has 2 aromatic carbocycles. The van der Waals surface area contributed by atoms with Crippen LogP contribution in [0.3, 0.4) is 0 Å². The summed E-state index contributed by atoms with van der Waals surface area (Å²) in [6.45, 7) is 3.88. The van der Waals surface area contributed by atoms with E-state index >= 15 is 0 Å². The first-order chi connectivity index (χ1) is 14.2. The fourth-order valence-electron chi connectivity index (χ4n) is 3.13. The lowest BCUT2D eigenvalue weighted by Crippen LogP contribution is -2.17. The highest BCUT2D eigenvalue weighted by molar-refractivity contribution is 7.16. The zero-order valence-electron chi connectivity index (χ0n) is 16.0. The Bertz CT molecular complexity index is 1150. The van der Waals surface area contributed by atoms with Gasteiger partial charge in [-0.2, -0.15) is 4.99 Å². The van der Waals surface area contributed by atoms with E-state index in [-0.39, 0.29) is 12.3 Å². The second kappa shape index (κ2) is 8.41. The van der Waals surface area contributed by atoms with Gasteiger partial charge >= 0.3 is 0 Å². The third-order valence-electron chi connectivity index (χ3n) is 4.41. The van der Waals surface area contributed by atoms with E-state index in [1.807, 2.05) is 47.9 Å². The Kier molecular flexibility index (Phi) is 5.54. The van der Waals surface area contributed by atoms with Crippen LogP contribution in [0.5, 0.6) is 17.2 Å². The molecule has 4 rings (SSSR count). The highest BCUT2D eigenvalue weighted by Crippen LogP contribution is 2.35. The summed E-state index contributed by atoms with van der Waals surface area (Å²) in [5.41, 5.74) is 1.76. The molecule has 0 saturated carbocycles. The Balaban J connectivity index is 1.66. The number of fused-ring (bicyclic) bond motifs is 2. The van der Waals surface area contributed by atoms with Crippen molar-refractivity contribution in [3.05, 3.63) is 46.8 Å². The minimum atomic E-state index is -0.233. The topological polar surface area (TPSA) is 62.1 Å². The number of amides is 1. The summed E-state index contributed by atoms with van der Waals surface area (Å²) in [7, 11) is 0. The van der Waals surface area contributed by atoms with E-state index in [2.05, 4.69) is 10.9 Å². The van der Waals surface area contributed by atoms with Crippen LogP contribution in [-0.2, 0) is 17.8 Å². The van der Waals surface area contributed by atoms with Crippen molar-refractivity contribution in [3.63, 3.8) is 0 Å². The Morgan fingerprint density at radius 2 is 1.97 bits per heavy atom. The van der Waals surface area contributed by atoms with Gasteiger partial charge in [0.2, 0.25) is 0 Å². The largest absolute Gasteiger partial charge is 0.494 e. The molecule has 7 heteroatoms. The summed E-state index contributed by atoms with van der Waals surface area (Å²) in [6, 6.07) is 11.3. The molecule has 1 aliphatic rings. The van der Waals surface area contributed by atoms with Crippen molar-refractivity contribution < 1.29 is 19.0 Å². The Hall–Kier alpha value is -3.24. The van der Waals surface area contributed by atoms with Gasteiger partial charge in [-0.3, -0.25) is 4.79 Å². The lowest BCUT2D eigenvalue weighted by Gasteiger charge is -2.18. The quantitative estimate of drug-likeness (QED) is 0.609. The maximum atomic E-state index is 12.6. The minimum absolute atomic E-state index is 0.208. The van der Waals surface area contributed by atoms with Gasteiger partial charge in [0, 0.05) is 12.1 Å². The van der Waals surface area contributed by atoms with E-state index in [0.717, 1.165) is 21.5 Å². The number of carbonyl (C=O) groups is 1. The summed E-state index contributed by atoms with van der Waals surface area (Å²) in [6.07, 6.45) is 5.76. The van der Waals surface area contributed by atoms with Crippen LogP contribution in [0.15, 0.2) is 41.4 Å². The lowest BCUT2D eigenvalue weighted by atomic mass is 10.1. The van der Waals surface area contributed by atoms with Crippen molar-refractivity contribution in [2.24, 2.45) is 4.99 Å². The summed E-state index contributed by atoms with van der Waals surface area (Å²) in [5.74, 6) is 4.57. The molecule has 0 aliphatic carbocycles. The first-order valence-corrected chi connectivity index (χ1v) is 10.2. The van der Waals surface area contributed by atoms with Crippen molar-refractivity contribution in [2.75, 3.05) is 19.8 Å². The van der Waals surface area contributed by atoms with Crippen molar-refractivity contribution in [3.8, 4) is 29.6 Å². The number of hydrogen-bond donors (Lipinski definition) is 0. The van der Waals surface area contributed by atoms with E-state index in [1.54, 1.807) is 0 Å². The van der Waals surface area contributed by atoms with Crippen LogP contribution < -0.4 is 19.0 Å². The molecule has 0 unspecified atom stereocenters. The Morgan fingerprint density at radius 1 is 1.24 bits per heavy atom. The number of carbonyl (C=O) groups excluding carboxylic acids is 1. The van der Waals surface area contributed by atoms with E-state index in [0.29, 0.717) is 42.7 Å². The minimum Gasteiger partial charge on any atom is -0.494 e. The normalized spacial score (nSPS) is 13.3. The molecule has 0 N–H and O–H groups in total. The van der Waals surface area contributed by atoms with Crippen LogP contribution in [0.4, 0.5) is 0 Å². The van der Waals surface area contributed by atoms with Crippen LogP contribution in [0.2, 0.25) is 0 Å². The lowest BCUT2D eigenvalue weighted by molar-refractivity contribution is -0.117. The van der Waals surface area contributed by atoms with Gasteiger partial charge < -0.3 is 18.8 Å². The molecule has 1 amide bonds. The molecule has 29 heavy (non-hydrogen) atoms. The molecule has 0 fully saturated rings. The summed E-state index contributed by atoms with van der Waals surface area (Å²) < 4.78 is 19.5. The molecular formula is C22H20N2O4S. The zero-order valence-corrected chi connectivity index (χ0v) is 16.8. The standard InChI is InChI=1S/C22H20N2O4S/c1-3-9-24-17-13-18-19(28-11-10-27-18)14-20(17)29-22(24)23-21(25)12-15-5-7-16(8-6-15)26-4-2/h1,5-8,13-14H,4,9-12H2,2H3. The number of aromatic nitrogens is 1. The third-order valence-corrected chi connectivity index (χ3v) is 5.45. The molecular weight excluding hydrogens is 388 g/mol. The number of ether oxygens (including phenoxy) is 3. The van der Waals surface area contributed by atoms with Gasteiger partial charge in [-0.25, -0.2) is 0 Å². The molecule has 148 valence electrons. The second-order valence-corrected chi connectivity index (χ2v) is 7.41. The smallest absolute Gasteiger partial charge is 0.252 e. The Labute approximate surface area is 172 Å². The predicted octanol–water partition coefficient (Wildman–Crippen LogP) is 3.18. The van der Waals surface area contributed by atoms with E-state index < -0.39 is 0 Å². The number of rotatable bonds is 5. The fourth-order valence-corrected chi connectivity index (χ4v) is 4.18. The molecule has 0 saturated heterocycles. The molecule has 0 bridgehead atoms. The van der Waals surface area contributed by atoms with Crippen molar-refractivity contribution >= 4 is 27.5 Å². The van der Waals surface area contributed by atoms with Crippen LogP contribution in [0.25, 0.3) is 10.2 Å². The first-order valence-electron chi connectivity index (χ1n) is 9.33. The van der Waals surface area contributed by atoms with Gasteiger partial charge in [-0.15, -0.1) is 6.42 Å². The molecule has 1 aromatic heterocycles. The number of benzene rings is 2. The van der Waals surface area contributed by atoms with Gasteiger partial charge in [0.15, 0.2) is 16.3 Å². The molecule has 0 radical (unpaired) electrons. The highest BCUT2D eigenvalue weighted by Gasteiger charge is 2.16. The number of thiazole rings is 1. The SMILES string of the molecule is C#CCn1c(=NC(=O)Cc2ccc(OCC)cc2)sc2cc3c(cc21)OCCO3. The number of terminal acetylenes is 1. The summed E-state index contributed by atoms with van der Waals surface area (Å²) in [5, 5.41) is 0. The van der Waals surface area contributed by atoms with Crippen LogP contribution in [0.1, 0.15) is 12.5 Å². The van der Waals surface area contributed by atoms with Gasteiger partial charge in [0.05, 0.1) is 29.8 Å². The predicted molar refractivity (Wildman–Crippen MR) is 112 cm³/mol. The van der Waals surface area contributed by atoms with Gasteiger partial charge in [0.25, 0.3) is 5.91 Å². The Morgan fingerprint density at radius 3 is 2.66 bits per heavy atom. The molecule has 3 aromatic rings. The van der Waals surface area contributed by atoms with Crippen LogP contribution >= 0.6 is 11.3 Å². The molecule has 0 atom stereocenters. The average Bonchev–Trinajstić information content (AvgIpc) is 3.04. The molecule has 6 nitrogen and oxygen atoms in total. The van der Waals surface area contributed by atoms with E-state index in [4.69, 9.17) is 20.6 Å². The van der Waals surface area contributed by atoms with Crippen molar-refractivity contribution in [2.45, 2.75) is 19.9 Å². The number of hydrogen-bond acceptors (Lipinski definition) is 5. The highest BCUT2D eigenvalue weighted by atomic mass is 32.1. The summed E-state index contributed by atoms with van der Waals surface area (Å²) >= 11 is 1.41. The van der Waals surface area contributed by atoms with Gasteiger partial charge in [-0.1, -0.05) is 29.4 Å². The molecule has 2 heterocycles. The summed E-state index contributed by atoms with van der Waals surface area (Å²) in [4.78, 5) is 17.5. The maximum absolute atomic E-state index is 12.6. The van der Waals surface area contributed by atoms with Gasteiger partial charge in [-0.05, 0) is 24.6 Å². The fraction of sp³-hybridized carbons (Fsp3) is 0.273. The third kappa shape index (κ3) is 4.13. The van der Waals surface area contributed by atoms with Crippen molar-refractivity contribution in [1.82, 2.24) is 4.57 Å². The van der Waals surface area contributed by atoms with Gasteiger partial charge in [0.1, 0.15) is 19.0 Å². The maximum Gasteiger partial charge on any atom is 0.252 e.